The molecular formula is C17H27ClN2. The predicted molar refractivity (Wildman–Crippen MR) is 87.8 cm³/mol. The highest BCUT2D eigenvalue weighted by Crippen LogP contribution is 2.29. The van der Waals surface area contributed by atoms with Gasteiger partial charge in [-0.15, -0.1) is 12.4 Å². The number of benzene rings is 1. The molecule has 1 atom stereocenters. The summed E-state index contributed by atoms with van der Waals surface area (Å²) in [5.74, 6) is 1.69. The minimum Gasteiger partial charge on any atom is -0.317 e. The maximum atomic E-state index is 3.46. The number of hydrogen-bond acceptors (Lipinski definition) is 2. The van der Waals surface area contributed by atoms with E-state index in [0.717, 1.165) is 11.8 Å². The van der Waals surface area contributed by atoms with Crippen LogP contribution in [-0.2, 0) is 0 Å². The summed E-state index contributed by atoms with van der Waals surface area (Å²) in [6, 6.07) is 9.09. The molecule has 20 heavy (non-hydrogen) atoms. The van der Waals surface area contributed by atoms with E-state index in [1.807, 2.05) is 0 Å². The Kier molecular flexibility index (Phi) is 5.88. The molecule has 3 rings (SSSR count). The number of halogens is 1. The first-order valence-electron chi connectivity index (χ1n) is 7.81. The molecule has 3 heteroatoms. The second kappa shape index (κ2) is 7.44. The van der Waals surface area contributed by atoms with E-state index in [4.69, 9.17) is 0 Å². The van der Waals surface area contributed by atoms with Gasteiger partial charge in [-0.05, 0) is 63.2 Å². The number of piperidine rings is 1. The van der Waals surface area contributed by atoms with Crippen molar-refractivity contribution in [3.05, 3.63) is 35.4 Å². The zero-order chi connectivity index (χ0) is 13.1. The Hall–Kier alpha value is -0.570. The van der Waals surface area contributed by atoms with E-state index in [1.165, 1.54) is 57.5 Å². The van der Waals surface area contributed by atoms with Crippen molar-refractivity contribution in [1.29, 1.82) is 0 Å². The highest BCUT2D eigenvalue weighted by atomic mass is 35.5. The third-order valence-corrected chi connectivity index (χ3v) is 4.76. The van der Waals surface area contributed by atoms with E-state index in [-0.39, 0.29) is 12.4 Å². The molecule has 1 aromatic rings. The fourth-order valence-electron chi connectivity index (χ4n) is 3.62. The Morgan fingerprint density at radius 1 is 1.20 bits per heavy atom. The van der Waals surface area contributed by atoms with E-state index in [1.54, 1.807) is 5.56 Å². The van der Waals surface area contributed by atoms with Crippen LogP contribution in [0.2, 0.25) is 0 Å². The van der Waals surface area contributed by atoms with Gasteiger partial charge in [0.05, 0.1) is 0 Å². The first kappa shape index (κ1) is 15.8. The van der Waals surface area contributed by atoms with Crippen LogP contribution in [0.25, 0.3) is 0 Å². The molecule has 2 nitrogen and oxygen atoms in total. The van der Waals surface area contributed by atoms with Gasteiger partial charge in [0.2, 0.25) is 0 Å². The Labute approximate surface area is 129 Å². The van der Waals surface area contributed by atoms with Gasteiger partial charge in [-0.1, -0.05) is 29.8 Å². The lowest BCUT2D eigenvalue weighted by Crippen LogP contribution is -2.35. The molecule has 0 amide bonds. The molecule has 112 valence electrons. The standard InChI is InChI=1S/C17H26N2.ClH/c1-14-3-2-4-16(11-14)17-7-10-19(13-17)12-15-5-8-18-9-6-15;/h2-4,11,15,17-18H,5-10,12-13H2,1H3;1H. The average Bonchev–Trinajstić information content (AvgIpc) is 2.88. The summed E-state index contributed by atoms with van der Waals surface area (Å²) < 4.78 is 0. The third kappa shape index (κ3) is 3.97. The van der Waals surface area contributed by atoms with Crippen LogP contribution in [0.4, 0.5) is 0 Å². The Bertz CT molecular complexity index is 415. The number of rotatable bonds is 3. The summed E-state index contributed by atoms with van der Waals surface area (Å²) in [4.78, 5) is 2.70. The second-order valence-corrected chi connectivity index (χ2v) is 6.35. The monoisotopic (exact) mass is 294 g/mol. The third-order valence-electron chi connectivity index (χ3n) is 4.76. The van der Waals surface area contributed by atoms with Crippen LogP contribution in [0.15, 0.2) is 24.3 Å². The predicted octanol–water partition coefficient (Wildman–Crippen LogP) is 3.21. The largest absolute Gasteiger partial charge is 0.317 e. The topological polar surface area (TPSA) is 15.3 Å². The van der Waals surface area contributed by atoms with Crippen molar-refractivity contribution >= 4 is 12.4 Å². The number of nitrogens with zero attached hydrogens (tertiary/aromatic N) is 1. The summed E-state index contributed by atoms with van der Waals surface area (Å²) in [6.07, 6.45) is 4.08. The van der Waals surface area contributed by atoms with Crippen molar-refractivity contribution in [2.45, 2.75) is 32.1 Å². The van der Waals surface area contributed by atoms with Gasteiger partial charge in [-0.25, -0.2) is 0 Å². The Balaban J connectivity index is 0.00000147. The van der Waals surface area contributed by atoms with Crippen LogP contribution in [0.1, 0.15) is 36.3 Å². The maximum Gasteiger partial charge on any atom is 0.00509 e. The van der Waals surface area contributed by atoms with Crippen molar-refractivity contribution in [2.24, 2.45) is 5.92 Å². The molecule has 0 saturated carbocycles. The lowest BCUT2D eigenvalue weighted by atomic mass is 9.96. The average molecular weight is 295 g/mol. The van der Waals surface area contributed by atoms with Crippen LogP contribution in [0, 0.1) is 12.8 Å². The molecule has 2 heterocycles. The molecule has 1 N–H and O–H groups in total. The van der Waals surface area contributed by atoms with Crippen molar-refractivity contribution in [1.82, 2.24) is 10.2 Å². The first-order valence-corrected chi connectivity index (χ1v) is 7.81. The number of aryl methyl sites for hydroxylation is 1. The van der Waals surface area contributed by atoms with Crippen LogP contribution in [0.5, 0.6) is 0 Å². The van der Waals surface area contributed by atoms with Gasteiger partial charge in [-0.3, -0.25) is 0 Å². The molecule has 1 unspecified atom stereocenters. The molecule has 2 saturated heterocycles. The van der Waals surface area contributed by atoms with E-state index < -0.39 is 0 Å². The van der Waals surface area contributed by atoms with Gasteiger partial charge >= 0.3 is 0 Å². The van der Waals surface area contributed by atoms with Crippen LogP contribution >= 0.6 is 12.4 Å². The van der Waals surface area contributed by atoms with E-state index in [0.29, 0.717) is 0 Å². The van der Waals surface area contributed by atoms with E-state index >= 15 is 0 Å². The SMILES string of the molecule is Cc1cccc(C2CCN(CC3CCNCC3)C2)c1.Cl. The molecule has 0 bridgehead atoms. The fraction of sp³-hybridized carbons (Fsp3) is 0.647. The summed E-state index contributed by atoms with van der Waals surface area (Å²) in [6.45, 7) is 8.53. The van der Waals surface area contributed by atoms with Gasteiger partial charge in [0.1, 0.15) is 0 Å². The second-order valence-electron chi connectivity index (χ2n) is 6.35. The van der Waals surface area contributed by atoms with Crippen molar-refractivity contribution in [3.63, 3.8) is 0 Å². The highest BCUT2D eigenvalue weighted by Gasteiger charge is 2.26. The molecule has 2 fully saturated rings. The van der Waals surface area contributed by atoms with Gasteiger partial charge in [0.15, 0.2) is 0 Å². The fourth-order valence-corrected chi connectivity index (χ4v) is 3.62. The Morgan fingerprint density at radius 3 is 2.75 bits per heavy atom. The van der Waals surface area contributed by atoms with Crippen LogP contribution in [-0.4, -0.2) is 37.6 Å². The molecule has 1 aromatic carbocycles. The van der Waals surface area contributed by atoms with Gasteiger partial charge in [-0.2, -0.15) is 0 Å². The summed E-state index contributed by atoms with van der Waals surface area (Å²) in [5, 5.41) is 3.46. The number of nitrogens with one attached hydrogen (secondary N) is 1. The summed E-state index contributed by atoms with van der Waals surface area (Å²) in [7, 11) is 0. The lowest BCUT2D eigenvalue weighted by molar-refractivity contribution is 0.239. The van der Waals surface area contributed by atoms with Crippen molar-refractivity contribution < 1.29 is 0 Å². The summed E-state index contributed by atoms with van der Waals surface area (Å²) in [5.41, 5.74) is 2.95. The Morgan fingerprint density at radius 2 is 2.00 bits per heavy atom. The van der Waals surface area contributed by atoms with Crippen molar-refractivity contribution in [2.75, 3.05) is 32.7 Å². The molecule has 0 aliphatic carbocycles. The lowest BCUT2D eigenvalue weighted by Gasteiger charge is -2.27. The smallest absolute Gasteiger partial charge is 0.00509 e. The maximum absolute atomic E-state index is 3.46. The number of hydrogen-bond donors (Lipinski definition) is 1. The molecule has 0 spiro atoms. The van der Waals surface area contributed by atoms with E-state index in [9.17, 15) is 0 Å². The van der Waals surface area contributed by atoms with Crippen LogP contribution < -0.4 is 5.32 Å². The quantitative estimate of drug-likeness (QED) is 0.921. The minimum absolute atomic E-state index is 0. The summed E-state index contributed by atoms with van der Waals surface area (Å²) >= 11 is 0. The molecule has 2 aliphatic rings. The molecule has 0 aromatic heterocycles. The molecule has 0 radical (unpaired) electrons. The van der Waals surface area contributed by atoms with Crippen molar-refractivity contribution in [3.8, 4) is 0 Å². The number of likely N-dealkylation sites (tertiary alicyclic amines) is 1. The first-order chi connectivity index (χ1) is 9.31. The highest BCUT2D eigenvalue weighted by molar-refractivity contribution is 5.85. The van der Waals surface area contributed by atoms with Gasteiger partial charge < -0.3 is 10.2 Å². The zero-order valence-electron chi connectivity index (χ0n) is 12.5. The molecular weight excluding hydrogens is 268 g/mol. The van der Waals surface area contributed by atoms with Crippen LogP contribution in [0.3, 0.4) is 0 Å². The van der Waals surface area contributed by atoms with E-state index in [2.05, 4.69) is 41.4 Å². The normalized spacial score (nSPS) is 24.6. The minimum atomic E-state index is 0. The zero-order valence-corrected chi connectivity index (χ0v) is 13.3. The van der Waals surface area contributed by atoms with Gasteiger partial charge in [0, 0.05) is 13.1 Å². The van der Waals surface area contributed by atoms with Gasteiger partial charge in [0.25, 0.3) is 0 Å². The molecule has 2 aliphatic heterocycles.